The molecular formula is C19H16ClN3O3. The second-order valence-corrected chi connectivity index (χ2v) is 6.52. The number of phenolic OH excluding ortho intramolecular Hbond substituents is 1. The zero-order valence-electron chi connectivity index (χ0n) is 14.0. The monoisotopic (exact) mass is 369 g/mol. The van der Waals surface area contributed by atoms with Crippen LogP contribution in [0.4, 0.5) is 5.69 Å². The molecule has 1 unspecified atom stereocenters. The van der Waals surface area contributed by atoms with Gasteiger partial charge in [0.05, 0.1) is 16.7 Å². The van der Waals surface area contributed by atoms with Crippen LogP contribution < -0.4 is 4.90 Å². The average molecular weight is 370 g/mol. The Labute approximate surface area is 155 Å². The molecule has 1 fully saturated rings. The minimum Gasteiger partial charge on any atom is -0.506 e. The average Bonchev–Trinajstić information content (AvgIpc) is 2.65. The lowest BCUT2D eigenvalue weighted by atomic mass is 10.1. The summed E-state index contributed by atoms with van der Waals surface area (Å²) in [7, 11) is 0. The SMILES string of the molecule is CC1CN(c2ccc(C#N)cc2)C(=O)CN1C(=O)c1ccc(O)c(Cl)c1. The summed E-state index contributed by atoms with van der Waals surface area (Å²) in [4.78, 5) is 28.4. The molecule has 3 rings (SSSR count). The van der Waals surface area contributed by atoms with Gasteiger partial charge in [0.2, 0.25) is 5.91 Å². The molecule has 7 heteroatoms. The van der Waals surface area contributed by atoms with E-state index in [4.69, 9.17) is 16.9 Å². The summed E-state index contributed by atoms with van der Waals surface area (Å²) in [5, 5.41) is 18.5. The normalized spacial score (nSPS) is 17.1. The molecule has 26 heavy (non-hydrogen) atoms. The maximum atomic E-state index is 12.7. The molecule has 1 N–H and O–H groups in total. The Balaban J connectivity index is 1.79. The Kier molecular flexibility index (Phi) is 4.83. The van der Waals surface area contributed by atoms with Crippen molar-refractivity contribution in [2.75, 3.05) is 18.0 Å². The highest BCUT2D eigenvalue weighted by Crippen LogP contribution is 2.26. The van der Waals surface area contributed by atoms with Gasteiger partial charge in [-0.3, -0.25) is 9.59 Å². The fourth-order valence-electron chi connectivity index (χ4n) is 2.89. The molecule has 2 aromatic carbocycles. The van der Waals surface area contributed by atoms with E-state index in [1.165, 1.54) is 23.1 Å². The first-order valence-corrected chi connectivity index (χ1v) is 8.38. The first kappa shape index (κ1) is 17.8. The van der Waals surface area contributed by atoms with Gasteiger partial charge in [0.15, 0.2) is 0 Å². The van der Waals surface area contributed by atoms with Gasteiger partial charge in [-0.1, -0.05) is 11.6 Å². The van der Waals surface area contributed by atoms with E-state index in [-0.39, 0.29) is 35.2 Å². The van der Waals surface area contributed by atoms with E-state index >= 15 is 0 Å². The predicted molar refractivity (Wildman–Crippen MR) is 97.1 cm³/mol. The number of phenols is 1. The van der Waals surface area contributed by atoms with Crippen molar-refractivity contribution in [3.05, 3.63) is 58.6 Å². The summed E-state index contributed by atoms with van der Waals surface area (Å²) < 4.78 is 0. The largest absolute Gasteiger partial charge is 0.506 e. The standard InChI is InChI=1S/C19H16ClN3O3/c1-12-10-23(15-5-2-13(9-21)3-6-15)18(25)11-22(12)19(26)14-4-7-17(24)16(20)8-14/h2-8,12,24H,10-11H2,1H3. The summed E-state index contributed by atoms with van der Waals surface area (Å²) in [5.74, 6) is -0.615. The Bertz CT molecular complexity index is 905. The Morgan fingerprint density at radius 3 is 2.58 bits per heavy atom. The van der Waals surface area contributed by atoms with Crippen LogP contribution in [0, 0.1) is 11.3 Å². The van der Waals surface area contributed by atoms with Crippen LogP contribution in [-0.2, 0) is 4.79 Å². The summed E-state index contributed by atoms with van der Waals surface area (Å²) in [6, 6.07) is 12.8. The number of hydrogen-bond donors (Lipinski definition) is 1. The van der Waals surface area contributed by atoms with Crippen LogP contribution in [0.25, 0.3) is 0 Å². The molecule has 6 nitrogen and oxygen atoms in total. The number of aromatic hydroxyl groups is 1. The molecule has 2 aromatic rings. The number of amides is 2. The molecule has 2 amide bonds. The maximum Gasteiger partial charge on any atom is 0.254 e. The van der Waals surface area contributed by atoms with Crippen molar-refractivity contribution in [2.24, 2.45) is 0 Å². The first-order valence-electron chi connectivity index (χ1n) is 8.00. The van der Waals surface area contributed by atoms with Crippen molar-refractivity contribution in [1.29, 1.82) is 5.26 Å². The Hall–Kier alpha value is -3.04. The van der Waals surface area contributed by atoms with Gasteiger partial charge in [-0.05, 0) is 49.4 Å². The number of anilines is 1. The molecule has 0 radical (unpaired) electrons. The Morgan fingerprint density at radius 2 is 1.96 bits per heavy atom. The quantitative estimate of drug-likeness (QED) is 0.882. The minimum absolute atomic E-state index is 0.0570. The van der Waals surface area contributed by atoms with E-state index in [1.54, 1.807) is 29.2 Å². The van der Waals surface area contributed by atoms with Gasteiger partial charge in [0.25, 0.3) is 5.91 Å². The summed E-state index contributed by atoms with van der Waals surface area (Å²) in [5.41, 5.74) is 1.53. The van der Waals surface area contributed by atoms with Gasteiger partial charge in [0, 0.05) is 23.8 Å². The van der Waals surface area contributed by atoms with Crippen LogP contribution in [0.3, 0.4) is 0 Å². The number of carbonyl (C=O) groups excluding carboxylic acids is 2. The number of hydrogen-bond acceptors (Lipinski definition) is 4. The summed E-state index contributed by atoms with van der Waals surface area (Å²) in [6.45, 7) is 2.16. The van der Waals surface area contributed by atoms with Crippen molar-refractivity contribution in [1.82, 2.24) is 4.90 Å². The molecule has 0 aromatic heterocycles. The lowest BCUT2D eigenvalue weighted by Gasteiger charge is -2.39. The van der Waals surface area contributed by atoms with Gasteiger partial charge in [0.1, 0.15) is 12.3 Å². The van der Waals surface area contributed by atoms with E-state index in [1.807, 2.05) is 13.0 Å². The number of carbonyl (C=O) groups is 2. The fourth-order valence-corrected chi connectivity index (χ4v) is 3.08. The number of benzene rings is 2. The van der Waals surface area contributed by atoms with E-state index in [9.17, 15) is 14.7 Å². The van der Waals surface area contributed by atoms with Gasteiger partial charge in [-0.2, -0.15) is 5.26 Å². The maximum absolute atomic E-state index is 12.7. The van der Waals surface area contributed by atoms with Gasteiger partial charge in [-0.15, -0.1) is 0 Å². The predicted octanol–water partition coefficient (Wildman–Crippen LogP) is 2.79. The molecule has 0 spiro atoms. The second kappa shape index (κ2) is 7.06. The van der Waals surface area contributed by atoms with Crippen LogP contribution in [-0.4, -0.2) is 41.0 Å². The van der Waals surface area contributed by atoms with Crippen molar-refractivity contribution in [3.63, 3.8) is 0 Å². The van der Waals surface area contributed by atoms with Gasteiger partial charge in [-0.25, -0.2) is 0 Å². The number of piperazine rings is 1. The topological polar surface area (TPSA) is 84.6 Å². The van der Waals surface area contributed by atoms with Crippen LogP contribution in [0.2, 0.25) is 5.02 Å². The van der Waals surface area contributed by atoms with Gasteiger partial charge >= 0.3 is 0 Å². The minimum atomic E-state index is -0.313. The van der Waals surface area contributed by atoms with Crippen molar-refractivity contribution >= 4 is 29.1 Å². The van der Waals surface area contributed by atoms with Crippen LogP contribution in [0.5, 0.6) is 5.75 Å². The van der Waals surface area contributed by atoms with Crippen LogP contribution in [0.15, 0.2) is 42.5 Å². The number of nitriles is 1. The lowest BCUT2D eigenvalue weighted by Crippen LogP contribution is -2.57. The molecule has 132 valence electrons. The smallest absolute Gasteiger partial charge is 0.254 e. The molecule has 1 aliphatic rings. The van der Waals surface area contributed by atoms with Crippen molar-refractivity contribution < 1.29 is 14.7 Å². The molecule has 0 aliphatic carbocycles. The summed E-state index contributed by atoms with van der Waals surface area (Å²) >= 11 is 5.87. The van der Waals surface area contributed by atoms with Gasteiger partial charge < -0.3 is 14.9 Å². The highest BCUT2D eigenvalue weighted by atomic mass is 35.5. The highest BCUT2D eigenvalue weighted by Gasteiger charge is 2.33. The third kappa shape index (κ3) is 3.35. The summed E-state index contributed by atoms with van der Waals surface area (Å²) in [6.07, 6.45) is 0. The third-order valence-corrected chi connectivity index (χ3v) is 4.65. The first-order chi connectivity index (χ1) is 12.4. The van der Waals surface area contributed by atoms with Crippen LogP contribution in [0.1, 0.15) is 22.8 Å². The lowest BCUT2D eigenvalue weighted by molar-refractivity contribution is -0.121. The molecule has 0 saturated carbocycles. The van der Waals surface area contributed by atoms with Crippen molar-refractivity contribution in [2.45, 2.75) is 13.0 Å². The molecule has 1 aliphatic heterocycles. The van der Waals surface area contributed by atoms with Crippen molar-refractivity contribution in [3.8, 4) is 11.8 Å². The Morgan fingerprint density at radius 1 is 1.27 bits per heavy atom. The van der Waals surface area contributed by atoms with E-state index in [2.05, 4.69) is 0 Å². The van der Waals surface area contributed by atoms with E-state index in [0.29, 0.717) is 23.4 Å². The highest BCUT2D eigenvalue weighted by molar-refractivity contribution is 6.32. The zero-order valence-corrected chi connectivity index (χ0v) is 14.8. The molecule has 0 bridgehead atoms. The number of rotatable bonds is 2. The molecule has 1 atom stereocenters. The fraction of sp³-hybridized carbons (Fsp3) is 0.211. The number of halogens is 1. The van der Waals surface area contributed by atoms with E-state index in [0.717, 1.165) is 0 Å². The zero-order chi connectivity index (χ0) is 18.8. The number of nitrogens with zero attached hydrogens (tertiary/aromatic N) is 3. The second-order valence-electron chi connectivity index (χ2n) is 6.11. The van der Waals surface area contributed by atoms with E-state index < -0.39 is 0 Å². The molecular weight excluding hydrogens is 354 g/mol. The molecule has 1 heterocycles. The molecule has 1 saturated heterocycles. The third-order valence-electron chi connectivity index (χ3n) is 4.35. The van der Waals surface area contributed by atoms with Crippen LogP contribution >= 0.6 is 11.6 Å².